The Hall–Kier alpha value is -4.54. The first-order valence-corrected chi connectivity index (χ1v) is 12.1. The Kier molecular flexibility index (Phi) is 5.63. The van der Waals surface area contributed by atoms with Gasteiger partial charge in [0.1, 0.15) is 0 Å². The maximum atomic E-state index is 3.48. The van der Waals surface area contributed by atoms with Crippen molar-refractivity contribution >= 4 is 21.7 Å². The lowest BCUT2D eigenvalue weighted by Gasteiger charge is -2.12. The van der Waals surface area contributed by atoms with Crippen molar-refractivity contribution in [1.29, 1.82) is 0 Å². The molecule has 0 aliphatic carbocycles. The van der Waals surface area contributed by atoms with Crippen LogP contribution in [0.1, 0.15) is 16.7 Å². The van der Waals surface area contributed by atoms with Crippen LogP contribution in [0.2, 0.25) is 0 Å². The molecule has 0 N–H and O–H groups in total. The molecule has 0 unspecified atom stereocenters. The molecule has 0 amide bonds. The summed E-state index contributed by atoms with van der Waals surface area (Å²) in [5.74, 6) is 6.86. The van der Waals surface area contributed by atoms with Crippen LogP contribution >= 0.6 is 0 Å². The summed E-state index contributed by atoms with van der Waals surface area (Å²) in [5.41, 5.74) is 7.15. The molecule has 35 heavy (non-hydrogen) atoms. The third-order valence-corrected chi connectivity index (χ3v) is 6.58. The lowest BCUT2D eigenvalue weighted by molar-refractivity contribution is 0.729. The smallest absolute Gasteiger partial charge is 0.0504 e. The van der Waals surface area contributed by atoms with Crippen LogP contribution in [0, 0.1) is 11.8 Å². The monoisotopic (exact) mass is 447 g/mol. The highest BCUT2D eigenvalue weighted by molar-refractivity contribution is 6.11. The Bertz CT molecular complexity index is 1660. The Morgan fingerprint density at radius 3 is 1.91 bits per heavy atom. The highest BCUT2D eigenvalue weighted by Gasteiger charge is 2.15. The lowest BCUT2D eigenvalue weighted by atomic mass is 10.0. The molecule has 0 aliphatic rings. The van der Waals surface area contributed by atoms with Crippen molar-refractivity contribution in [3.8, 4) is 23.1 Å². The van der Waals surface area contributed by atoms with Gasteiger partial charge < -0.3 is 4.57 Å². The molecule has 6 aromatic rings. The fourth-order valence-corrected chi connectivity index (χ4v) is 4.84. The molecule has 0 saturated heterocycles. The number of aromatic nitrogens is 1. The van der Waals surface area contributed by atoms with Gasteiger partial charge in [0.15, 0.2) is 0 Å². The van der Waals surface area contributed by atoms with E-state index in [1.807, 2.05) is 18.2 Å². The van der Waals surface area contributed by atoms with Gasteiger partial charge in [-0.25, -0.2) is 0 Å². The Labute approximate surface area is 206 Å². The van der Waals surface area contributed by atoms with Crippen LogP contribution in [0.5, 0.6) is 0 Å². The molecule has 1 nitrogen and oxygen atoms in total. The number of nitrogens with zero attached hydrogens (tertiary/aromatic N) is 1. The van der Waals surface area contributed by atoms with Crippen molar-refractivity contribution in [2.45, 2.75) is 13.0 Å². The van der Waals surface area contributed by atoms with Crippen LogP contribution in [-0.2, 0) is 13.0 Å². The Morgan fingerprint density at radius 1 is 0.543 bits per heavy atom. The zero-order valence-electron chi connectivity index (χ0n) is 19.5. The van der Waals surface area contributed by atoms with Crippen LogP contribution in [0.4, 0.5) is 0 Å². The van der Waals surface area contributed by atoms with Crippen molar-refractivity contribution < 1.29 is 0 Å². The minimum atomic E-state index is 0.904. The summed E-state index contributed by atoms with van der Waals surface area (Å²) in [6, 6.07) is 44.9. The van der Waals surface area contributed by atoms with E-state index in [-0.39, 0.29) is 0 Å². The SMILES string of the molecule is C(#Cc1cc2c(cc(-c3ccccc3)n2CCc2ccccc2)c2ccccc12)c1ccccc1. The summed E-state index contributed by atoms with van der Waals surface area (Å²) in [4.78, 5) is 0. The Balaban J connectivity index is 1.57. The second-order valence-corrected chi connectivity index (χ2v) is 8.80. The van der Waals surface area contributed by atoms with Gasteiger partial charge in [-0.2, -0.15) is 0 Å². The minimum absolute atomic E-state index is 0.904. The van der Waals surface area contributed by atoms with Crippen molar-refractivity contribution in [3.63, 3.8) is 0 Å². The second kappa shape index (κ2) is 9.37. The fourth-order valence-electron chi connectivity index (χ4n) is 4.84. The zero-order chi connectivity index (χ0) is 23.5. The normalized spacial score (nSPS) is 10.9. The molecule has 1 heterocycles. The van der Waals surface area contributed by atoms with Gasteiger partial charge in [-0.1, -0.05) is 115 Å². The quantitative estimate of drug-likeness (QED) is 0.241. The van der Waals surface area contributed by atoms with E-state index in [1.54, 1.807) is 0 Å². The average molecular weight is 448 g/mol. The van der Waals surface area contributed by atoms with E-state index in [0.717, 1.165) is 24.1 Å². The van der Waals surface area contributed by atoms with Crippen molar-refractivity contribution in [2.24, 2.45) is 0 Å². The highest BCUT2D eigenvalue weighted by atomic mass is 15.0. The largest absolute Gasteiger partial charge is 0.340 e. The number of benzene rings is 5. The maximum Gasteiger partial charge on any atom is 0.0504 e. The van der Waals surface area contributed by atoms with Gasteiger partial charge in [-0.05, 0) is 52.6 Å². The van der Waals surface area contributed by atoms with E-state index < -0.39 is 0 Å². The number of hydrogen-bond donors (Lipinski definition) is 0. The molecule has 0 aliphatic heterocycles. The minimum Gasteiger partial charge on any atom is -0.340 e. The number of fused-ring (bicyclic) bond motifs is 3. The molecule has 5 aromatic carbocycles. The van der Waals surface area contributed by atoms with Crippen LogP contribution in [0.3, 0.4) is 0 Å². The first-order chi connectivity index (χ1) is 17.4. The lowest BCUT2D eigenvalue weighted by Crippen LogP contribution is -2.03. The molecule has 0 bridgehead atoms. The molecule has 6 rings (SSSR count). The summed E-state index contributed by atoms with van der Waals surface area (Å²) < 4.78 is 2.47. The van der Waals surface area contributed by atoms with Crippen LogP contribution in [-0.4, -0.2) is 4.57 Å². The molecule has 0 spiro atoms. The van der Waals surface area contributed by atoms with E-state index in [2.05, 4.69) is 126 Å². The van der Waals surface area contributed by atoms with Gasteiger partial charge in [0.05, 0.1) is 5.52 Å². The standard InChI is InChI=1S/C34H25N/c1-4-12-26(13-5-1)20-21-29-24-34-32(31-19-11-10-18-30(29)31)25-33(28-16-8-3-9-17-28)35(34)23-22-27-14-6-2-7-15-27/h1-19,24-25H,22-23H2. The summed E-state index contributed by atoms with van der Waals surface area (Å²) in [5, 5.41) is 3.72. The summed E-state index contributed by atoms with van der Waals surface area (Å²) in [7, 11) is 0. The zero-order valence-corrected chi connectivity index (χ0v) is 19.5. The third-order valence-electron chi connectivity index (χ3n) is 6.58. The predicted molar refractivity (Wildman–Crippen MR) is 147 cm³/mol. The molecular formula is C34H25N. The molecular weight excluding hydrogens is 422 g/mol. The second-order valence-electron chi connectivity index (χ2n) is 8.80. The molecule has 0 saturated carbocycles. The van der Waals surface area contributed by atoms with Gasteiger partial charge in [0.25, 0.3) is 0 Å². The van der Waals surface area contributed by atoms with E-state index in [1.165, 1.54) is 38.5 Å². The van der Waals surface area contributed by atoms with Crippen molar-refractivity contribution in [3.05, 3.63) is 144 Å². The fraction of sp³-hybridized carbons (Fsp3) is 0.0588. The average Bonchev–Trinajstić information content (AvgIpc) is 3.31. The summed E-state index contributed by atoms with van der Waals surface area (Å²) >= 11 is 0. The number of hydrogen-bond acceptors (Lipinski definition) is 0. The van der Waals surface area contributed by atoms with Crippen LogP contribution in [0.15, 0.2) is 127 Å². The van der Waals surface area contributed by atoms with Crippen molar-refractivity contribution in [1.82, 2.24) is 4.57 Å². The van der Waals surface area contributed by atoms with Crippen LogP contribution in [0.25, 0.3) is 32.9 Å². The third kappa shape index (κ3) is 4.23. The van der Waals surface area contributed by atoms with Gasteiger partial charge in [0, 0.05) is 28.8 Å². The predicted octanol–water partition coefficient (Wildman–Crippen LogP) is 8.10. The number of aryl methyl sites for hydroxylation is 2. The van der Waals surface area contributed by atoms with Crippen molar-refractivity contribution in [2.75, 3.05) is 0 Å². The molecule has 0 atom stereocenters. The Morgan fingerprint density at radius 2 is 1.17 bits per heavy atom. The molecule has 0 fully saturated rings. The van der Waals surface area contributed by atoms with Gasteiger partial charge in [-0.15, -0.1) is 0 Å². The molecule has 1 heteroatoms. The molecule has 166 valence electrons. The number of rotatable bonds is 4. The topological polar surface area (TPSA) is 4.93 Å². The molecule has 0 radical (unpaired) electrons. The molecule has 1 aromatic heterocycles. The maximum absolute atomic E-state index is 3.48. The van der Waals surface area contributed by atoms with Gasteiger partial charge >= 0.3 is 0 Å². The first-order valence-electron chi connectivity index (χ1n) is 12.1. The van der Waals surface area contributed by atoms with Gasteiger partial charge in [-0.3, -0.25) is 0 Å². The van der Waals surface area contributed by atoms with E-state index in [4.69, 9.17) is 0 Å². The van der Waals surface area contributed by atoms with E-state index in [9.17, 15) is 0 Å². The van der Waals surface area contributed by atoms with E-state index in [0.29, 0.717) is 0 Å². The summed E-state index contributed by atoms with van der Waals surface area (Å²) in [6.07, 6.45) is 0.975. The highest BCUT2D eigenvalue weighted by Crippen LogP contribution is 2.35. The summed E-state index contributed by atoms with van der Waals surface area (Å²) in [6.45, 7) is 0.904. The van der Waals surface area contributed by atoms with Gasteiger partial charge in [0.2, 0.25) is 0 Å². The van der Waals surface area contributed by atoms with E-state index >= 15 is 0 Å². The first kappa shape index (κ1) is 21.0. The van der Waals surface area contributed by atoms with Crippen LogP contribution < -0.4 is 0 Å².